The van der Waals surface area contributed by atoms with Gasteiger partial charge in [-0.3, -0.25) is 29.1 Å². The van der Waals surface area contributed by atoms with Gasteiger partial charge < -0.3 is 20.4 Å². The fourth-order valence-electron chi connectivity index (χ4n) is 6.88. The fraction of sp³-hybridized carbons (Fsp3) is 0.125. The quantitative estimate of drug-likeness (QED) is 0.167. The summed E-state index contributed by atoms with van der Waals surface area (Å²) in [6.45, 7) is 0.958. The Morgan fingerprint density at radius 1 is 0.500 bits per heavy atom. The van der Waals surface area contributed by atoms with Crippen LogP contribution >= 0.6 is 0 Å². The third-order valence-corrected chi connectivity index (χ3v) is 9.90. The zero-order chi connectivity index (χ0) is 39.8. The highest BCUT2D eigenvalue weighted by Gasteiger charge is 2.23. The van der Waals surface area contributed by atoms with E-state index in [1.807, 2.05) is 97.1 Å². The zero-order valence-corrected chi connectivity index (χ0v) is 31.4. The molecule has 2 aliphatic heterocycles. The van der Waals surface area contributed by atoms with Crippen LogP contribution in [0, 0.1) is 23.7 Å². The minimum Gasteiger partial charge on any atom is -0.352 e. The predicted molar refractivity (Wildman–Crippen MR) is 221 cm³/mol. The maximum Gasteiger partial charge on any atom is 0.251 e. The second kappa shape index (κ2) is 16.9. The van der Waals surface area contributed by atoms with Crippen molar-refractivity contribution < 1.29 is 19.2 Å². The molecule has 0 fully saturated rings. The highest BCUT2D eigenvalue weighted by atomic mass is 16.2. The number of anilines is 2. The van der Waals surface area contributed by atoms with Gasteiger partial charge in [-0.15, -0.1) is 0 Å². The summed E-state index contributed by atoms with van der Waals surface area (Å²) >= 11 is 0. The molecule has 6 aromatic rings. The minimum absolute atomic E-state index is 0.0753. The molecule has 4 amide bonds. The van der Waals surface area contributed by atoms with Gasteiger partial charge in [0.2, 0.25) is 11.8 Å². The Bertz CT molecular complexity index is 2530. The molecule has 0 saturated heterocycles. The topological polar surface area (TPSA) is 125 Å². The van der Waals surface area contributed by atoms with E-state index < -0.39 is 0 Å². The number of hydrogen-bond acceptors (Lipinski definition) is 6. The summed E-state index contributed by atoms with van der Waals surface area (Å²) in [5.41, 5.74) is 8.06. The van der Waals surface area contributed by atoms with Crippen LogP contribution in [0.5, 0.6) is 0 Å². The van der Waals surface area contributed by atoms with Crippen LogP contribution in [0.15, 0.2) is 134 Å². The normalized spacial score (nSPS) is 12.1. The number of benzene rings is 4. The highest BCUT2D eigenvalue weighted by Crippen LogP contribution is 2.27. The summed E-state index contributed by atoms with van der Waals surface area (Å²) in [6, 6.07) is 37.0. The van der Waals surface area contributed by atoms with E-state index in [-0.39, 0.29) is 49.6 Å². The second-order valence-electron chi connectivity index (χ2n) is 13.7. The largest absolute Gasteiger partial charge is 0.352 e. The van der Waals surface area contributed by atoms with E-state index in [2.05, 4.69) is 44.3 Å². The maximum absolute atomic E-state index is 13.6. The van der Waals surface area contributed by atoms with Crippen molar-refractivity contribution in [2.24, 2.45) is 0 Å². The molecule has 0 bridgehead atoms. The first-order valence-corrected chi connectivity index (χ1v) is 18.9. The van der Waals surface area contributed by atoms with Crippen LogP contribution in [-0.2, 0) is 22.7 Å². The van der Waals surface area contributed by atoms with Gasteiger partial charge in [-0.25, -0.2) is 0 Å². The molecule has 10 heteroatoms. The molecule has 0 radical (unpaired) electrons. The van der Waals surface area contributed by atoms with E-state index in [1.165, 1.54) is 12.4 Å². The molecule has 0 aliphatic carbocycles. The zero-order valence-electron chi connectivity index (χ0n) is 31.4. The number of para-hydroxylation sites is 2. The molecule has 0 spiro atoms. The molecule has 2 aliphatic rings. The number of nitrogens with zero attached hydrogens (tertiary/aromatic N) is 4. The van der Waals surface area contributed by atoms with E-state index in [0.29, 0.717) is 35.6 Å². The molecule has 0 saturated carbocycles. The maximum atomic E-state index is 13.6. The summed E-state index contributed by atoms with van der Waals surface area (Å²) in [5, 5.41) is 5.71. The Morgan fingerprint density at radius 2 is 0.879 bits per heavy atom. The Hall–Kier alpha value is -7.82. The van der Waals surface area contributed by atoms with E-state index in [0.717, 1.165) is 44.8 Å². The standard InChI is InChI=1S/C48H36N6O4/c55-45(53-31-39-13-3-1-9-33(39)17-19-35-11-5-7-15-43(35)53)23-27-51-47(57)37-21-25-49-41(29-37)42-30-38(22-26-50-42)48(58)52-28-24-46(56)54-32-40-14-4-2-10-34(40)18-20-36-12-6-8-16-44(36)54/h1-16,21-22,25-26,29-30H,23-24,27-28,31-32H2,(H,51,57)(H,52,58). The van der Waals surface area contributed by atoms with Crippen LogP contribution in [0.3, 0.4) is 0 Å². The first-order chi connectivity index (χ1) is 28.4. The lowest BCUT2D eigenvalue weighted by Gasteiger charge is -2.26. The van der Waals surface area contributed by atoms with Gasteiger partial charge in [0.1, 0.15) is 0 Å². The van der Waals surface area contributed by atoms with Gasteiger partial charge in [-0.1, -0.05) is 84.3 Å². The number of amides is 4. The number of pyridine rings is 2. The summed E-state index contributed by atoms with van der Waals surface area (Å²) in [4.78, 5) is 66.0. The van der Waals surface area contributed by atoms with Gasteiger partial charge in [-0.2, -0.15) is 0 Å². The van der Waals surface area contributed by atoms with Crippen molar-refractivity contribution in [3.63, 3.8) is 0 Å². The molecule has 58 heavy (non-hydrogen) atoms. The van der Waals surface area contributed by atoms with Crippen molar-refractivity contribution in [1.29, 1.82) is 0 Å². The number of nitrogens with one attached hydrogen (secondary N) is 2. The number of rotatable bonds is 9. The molecule has 282 valence electrons. The molecule has 2 aromatic heterocycles. The van der Waals surface area contributed by atoms with Gasteiger partial charge in [0.25, 0.3) is 11.8 Å². The molecular weight excluding hydrogens is 725 g/mol. The van der Waals surface area contributed by atoms with Gasteiger partial charge in [0, 0.05) is 71.7 Å². The predicted octanol–water partition coefficient (Wildman–Crippen LogP) is 6.28. The minimum atomic E-state index is -0.377. The molecule has 4 aromatic carbocycles. The first kappa shape index (κ1) is 37.1. The Morgan fingerprint density at radius 3 is 1.33 bits per heavy atom. The molecule has 4 heterocycles. The SMILES string of the molecule is O=C(NCCC(=O)N1Cc2ccccc2C#Cc2ccccc21)c1ccnc(-c2cc(C(=O)NCCC(=O)N3Cc4ccccc4C#Cc4ccccc43)ccn2)c1. The van der Waals surface area contributed by atoms with Crippen molar-refractivity contribution in [2.45, 2.75) is 25.9 Å². The van der Waals surface area contributed by atoms with Gasteiger partial charge in [0.05, 0.1) is 35.9 Å². The molecule has 0 atom stereocenters. The number of fused-ring (bicyclic) bond motifs is 4. The van der Waals surface area contributed by atoms with Crippen molar-refractivity contribution in [3.05, 3.63) is 178 Å². The van der Waals surface area contributed by atoms with Crippen LogP contribution in [0.4, 0.5) is 11.4 Å². The van der Waals surface area contributed by atoms with Gasteiger partial charge in [-0.05, 0) is 71.8 Å². The lowest BCUT2D eigenvalue weighted by Crippen LogP contribution is -2.35. The lowest BCUT2D eigenvalue weighted by molar-refractivity contribution is -0.119. The van der Waals surface area contributed by atoms with E-state index in [4.69, 9.17) is 0 Å². The number of carbonyl (C=O) groups excluding carboxylic acids is 4. The average molecular weight is 761 g/mol. The Labute approximate surface area is 336 Å². The van der Waals surface area contributed by atoms with Crippen LogP contribution in [0.1, 0.15) is 66.9 Å². The van der Waals surface area contributed by atoms with Crippen molar-refractivity contribution in [2.75, 3.05) is 22.9 Å². The molecule has 10 nitrogen and oxygen atoms in total. The molecule has 2 N–H and O–H groups in total. The third-order valence-electron chi connectivity index (χ3n) is 9.90. The number of carbonyl (C=O) groups is 4. The average Bonchev–Trinajstić information content (AvgIpc) is 3.25. The Kier molecular flexibility index (Phi) is 10.8. The third kappa shape index (κ3) is 8.23. The first-order valence-electron chi connectivity index (χ1n) is 18.9. The summed E-state index contributed by atoms with van der Waals surface area (Å²) in [6.07, 6.45) is 3.15. The number of hydrogen-bond donors (Lipinski definition) is 2. The van der Waals surface area contributed by atoms with Crippen molar-refractivity contribution in [3.8, 4) is 35.1 Å². The Balaban J connectivity index is 0.879. The van der Waals surface area contributed by atoms with Crippen molar-refractivity contribution >= 4 is 35.0 Å². The van der Waals surface area contributed by atoms with Gasteiger partial charge in [0.15, 0.2) is 0 Å². The van der Waals surface area contributed by atoms with Crippen LogP contribution in [0.2, 0.25) is 0 Å². The molecule has 8 rings (SSSR count). The second-order valence-corrected chi connectivity index (χ2v) is 13.7. The smallest absolute Gasteiger partial charge is 0.251 e. The van der Waals surface area contributed by atoms with Crippen LogP contribution in [-0.4, -0.2) is 46.7 Å². The van der Waals surface area contributed by atoms with Crippen LogP contribution in [0.25, 0.3) is 11.4 Å². The molecule has 0 unspecified atom stereocenters. The van der Waals surface area contributed by atoms with Crippen LogP contribution < -0.4 is 20.4 Å². The molecular formula is C48H36N6O4. The monoisotopic (exact) mass is 760 g/mol. The summed E-state index contributed by atoms with van der Waals surface area (Å²) < 4.78 is 0. The lowest BCUT2D eigenvalue weighted by atomic mass is 10.0. The van der Waals surface area contributed by atoms with Crippen molar-refractivity contribution in [1.82, 2.24) is 20.6 Å². The van der Waals surface area contributed by atoms with E-state index >= 15 is 0 Å². The summed E-state index contributed by atoms with van der Waals surface area (Å²) in [5.74, 6) is 11.8. The fourth-order valence-corrected chi connectivity index (χ4v) is 6.88. The highest BCUT2D eigenvalue weighted by molar-refractivity contribution is 5.99. The summed E-state index contributed by atoms with van der Waals surface area (Å²) in [7, 11) is 0. The van der Waals surface area contributed by atoms with E-state index in [9.17, 15) is 19.2 Å². The number of aromatic nitrogens is 2. The van der Waals surface area contributed by atoms with Gasteiger partial charge >= 0.3 is 0 Å². The van der Waals surface area contributed by atoms with E-state index in [1.54, 1.807) is 34.1 Å².